The number of hydrogen-bond acceptors (Lipinski definition) is 7. The van der Waals surface area contributed by atoms with Gasteiger partial charge in [-0.1, -0.05) is 20.3 Å². The van der Waals surface area contributed by atoms with Crippen LogP contribution >= 0.6 is 0 Å². The van der Waals surface area contributed by atoms with Crippen molar-refractivity contribution >= 4 is 41.2 Å². The van der Waals surface area contributed by atoms with E-state index < -0.39 is 23.6 Å². The van der Waals surface area contributed by atoms with E-state index in [2.05, 4.69) is 21.3 Å². The molecule has 0 aromatic heterocycles. The highest BCUT2D eigenvalue weighted by molar-refractivity contribution is 6.03. The van der Waals surface area contributed by atoms with Gasteiger partial charge >= 0.3 is 0 Å². The van der Waals surface area contributed by atoms with E-state index in [1.54, 1.807) is 0 Å². The summed E-state index contributed by atoms with van der Waals surface area (Å²) in [5.41, 5.74) is 0. The Labute approximate surface area is 198 Å². The molecule has 1 rings (SSSR count). The maximum absolute atomic E-state index is 12.4. The third-order valence-electron chi connectivity index (χ3n) is 5.53. The maximum atomic E-state index is 12.4. The third kappa shape index (κ3) is 10.5. The molecule has 0 spiro atoms. The largest absolute Gasteiger partial charge is 0.354 e. The first kappa shape index (κ1) is 28.7. The lowest BCUT2D eigenvalue weighted by atomic mass is 9.90. The highest BCUT2D eigenvalue weighted by Crippen LogP contribution is 2.28. The van der Waals surface area contributed by atoms with Gasteiger partial charge in [0.1, 0.15) is 5.78 Å². The maximum Gasteiger partial charge on any atom is 0.239 e. The number of ketones is 1. The number of carbonyl (C=O) groups excluding carboxylic acids is 7. The first-order valence-electron chi connectivity index (χ1n) is 11.5. The van der Waals surface area contributed by atoms with E-state index in [4.69, 9.17) is 0 Å². The minimum absolute atomic E-state index is 0.0393. The Morgan fingerprint density at radius 2 is 1.41 bits per heavy atom. The summed E-state index contributed by atoms with van der Waals surface area (Å²) in [6, 6.07) is 0. The number of carbonyl (C=O) groups is 7. The second-order valence-corrected chi connectivity index (χ2v) is 8.32. The molecule has 0 aromatic carbocycles. The lowest BCUT2D eigenvalue weighted by molar-refractivity contribution is -0.140. The van der Waals surface area contributed by atoms with Crippen LogP contribution in [0.25, 0.3) is 0 Å². The van der Waals surface area contributed by atoms with Crippen molar-refractivity contribution in [1.29, 1.82) is 0 Å². The zero-order valence-corrected chi connectivity index (χ0v) is 20.0. The van der Waals surface area contributed by atoms with E-state index in [0.29, 0.717) is 0 Å². The fraction of sp³-hybridized carbons (Fsp3) is 0.682. The summed E-state index contributed by atoms with van der Waals surface area (Å²) in [5, 5.41) is 9.51. The van der Waals surface area contributed by atoms with Crippen LogP contribution in [0.4, 0.5) is 0 Å². The van der Waals surface area contributed by atoms with Crippen molar-refractivity contribution in [3.05, 3.63) is 0 Å². The number of hydrogen-bond donors (Lipinski definition) is 4. The van der Waals surface area contributed by atoms with Gasteiger partial charge in [-0.05, 0) is 19.3 Å². The summed E-state index contributed by atoms with van der Waals surface area (Å²) < 4.78 is 0. The van der Waals surface area contributed by atoms with Crippen LogP contribution in [0.3, 0.4) is 0 Å². The third-order valence-corrected chi connectivity index (χ3v) is 5.53. The summed E-state index contributed by atoms with van der Waals surface area (Å²) in [7, 11) is 0. The summed E-state index contributed by atoms with van der Waals surface area (Å²) in [5.74, 6) is -2.69. The topological polar surface area (TPSA) is 171 Å². The number of amides is 6. The minimum atomic E-state index is -0.587. The molecule has 0 aliphatic carbocycles. The summed E-state index contributed by atoms with van der Waals surface area (Å²) in [4.78, 5) is 83.3. The molecule has 190 valence electrons. The second kappa shape index (κ2) is 14.8. The Hall–Kier alpha value is -3.31. The lowest BCUT2D eigenvalue weighted by Crippen LogP contribution is -2.44. The molecule has 0 aromatic rings. The molecule has 34 heavy (non-hydrogen) atoms. The Balaban J connectivity index is 2.17. The highest BCUT2D eigenvalue weighted by atomic mass is 16.2. The van der Waals surface area contributed by atoms with Crippen molar-refractivity contribution in [2.45, 2.75) is 52.9 Å². The number of nitrogens with zero attached hydrogens (tertiary/aromatic N) is 1. The van der Waals surface area contributed by atoms with Gasteiger partial charge in [0.15, 0.2) is 0 Å². The summed E-state index contributed by atoms with van der Waals surface area (Å²) in [6.07, 6.45) is 1.54. The van der Waals surface area contributed by atoms with Crippen LogP contribution < -0.4 is 21.3 Å². The first-order chi connectivity index (χ1) is 16.0. The van der Waals surface area contributed by atoms with Gasteiger partial charge in [0.05, 0.1) is 19.6 Å². The minimum Gasteiger partial charge on any atom is -0.354 e. The van der Waals surface area contributed by atoms with Crippen LogP contribution in [0, 0.1) is 11.8 Å². The Bertz CT molecular complexity index is 799. The van der Waals surface area contributed by atoms with Crippen LogP contribution in [-0.4, -0.2) is 78.9 Å². The normalized spacial score (nSPS) is 16.1. The molecule has 12 nitrogen and oxygen atoms in total. The molecular formula is C22H35N5O7. The van der Waals surface area contributed by atoms with E-state index in [0.717, 1.165) is 6.42 Å². The number of imide groups is 1. The summed E-state index contributed by atoms with van der Waals surface area (Å²) >= 11 is 0. The van der Waals surface area contributed by atoms with Crippen molar-refractivity contribution in [3.63, 3.8) is 0 Å². The van der Waals surface area contributed by atoms with Gasteiger partial charge in [-0.3, -0.25) is 38.5 Å². The van der Waals surface area contributed by atoms with Gasteiger partial charge < -0.3 is 21.3 Å². The van der Waals surface area contributed by atoms with Crippen molar-refractivity contribution in [1.82, 2.24) is 26.2 Å². The number of likely N-dealkylation sites (tertiary alicyclic amines) is 1. The van der Waals surface area contributed by atoms with Gasteiger partial charge in [-0.15, -0.1) is 0 Å². The van der Waals surface area contributed by atoms with Gasteiger partial charge in [-0.2, -0.15) is 0 Å². The smallest absolute Gasteiger partial charge is 0.239 e. The monoisotopic (exact) mass is 481 g/mol. The number of rotatable bonds is 15. The predicted octanol–water partition coefficient (Wildman–Crippen LogP) is -1.37. The van der Waals surface area contributed by atoms with Crippen molar-refractivity contribution in [2.75, 3.05) is 32.7 Å². The Morgan fingerprint density at radius 3 is 1.94 bits per heavy atom. The van der Waals surface area contributed by atoms with Gasteiger partial charge in [0.2, 0.25) is 35.4 Å². The van der Waals surface area contributed by atoms with Crippen LogP contribution in [-0.2, 0) is 33.6 Å². The van der Waals surface area contributed by atoms with E-state index in [9.17, 15) is 33.6 Å². The Morgan fingerprint density at radius 1 is 0.882 bits per heavy atom. The van der Waals surface area contributed by atoms with E-state index in [1.165, 1.54) is 11.8 Å². The molecule has 1 saturated heterocycles. The second-order valence-electron chi connectivity index (χ2n) is 8.32. The average molecular weight is 482 g/mol. The standard InChI is InChI=1S/C22H35N5O7/c1-4-14(2)16-10-21(33)27(22(16)34)9-5-6-17(29)24-12-19(31)26-13-20(32)25-11-18(30)23-8-7-15(3)28/h14,16H,4-13H2,1-3H3,(H,23,30)(H,24,29)(H,25,32)(H,26,31). The molecule has 1 aliphatic rings. The summed E-state index contributed by atoms with van der Waals surface area (Å²) in [6.45, 7) is 4.66. The van der Waals surface area contributed by atoms with Crippen LogP contribution in [0.2, 0.25) is 0 Å². The molecule has 1 aliphatic heterocycles. The molecule has 2 atom stereocenters. The molecule has 6 amide bonds. The zero-order valence-electron chi connectivity index (χ0n) is 20.0. The molecule has 0 radical (unpaired) electrons. The lowest BCUT2D eigenvalue weighted by Gasteiger charge is -2.17. The predicted molar refractivity (Wildman–Crippen MR) is 121 cm³/mol. The van der Waals surface area contributed by atoms with Gasteiger partial charge in [0, 0.05) is 38.3 Å². The van der Waals surface area contributed by atoms with Crippen LogP contribution in [0.1, 0.15) is 52.9 Å². The molecule has 2 unspecified atom stereocenters. The molecule has 0 bridgehead atoms. The SMILES string of the molecule is CCC(C)C1CC(=O)N(CCCC(=O)NCC(=O)NCC(=O)NCC(=O)NCCC(C)=O)C1=O. The van der Waals surface area contributed by atoms with Crippen molar-refractivity contribution in [2.24, 2.45) is 11.8 Å². The van der Waals surface area contributed by atoms with E-state index >= 15 is 0 Å². The molecular weight excluding hydrogens is 446 g/mol. The highest BCUT2D eigenvalue weighted by Gasteiger charge is 2.40. The molecule has 12 heteroatoms. The number of Topliss-reactive ketones (excluding diaryl/α,β-unsaturated/α-hetero) is 1. The van der Waals surface area contributed by atoms with Gasteiger partial charge in [-0.25, -0.2) is 0 Å². The molecule has 1 fully saturated rings. The van der Waals surface area contributed by atoms with Crippen molar-refractivity contribution in [3.8, 4) is 0 Å². The molecule has 1 heterocycles. The first-order valence-corrected chi connectivity index (χ1v) is 11.5. The van der Waals surface area contributed by atoms with Gasteiger partial charge in [0.25, 0.3) is 0 Å². The van der Waals surface area contributed by atoms with Crippen LogP contribution in [0.5, 0.6) is 0 Å². The van der Waals surface area contributed by atoms with Crippen LogP contribution in [0.15, 0.2) is 0 Å². The fourth-order valence-corrected chi connectivity index (χ4v) is 3.26. The fourth-order valence-electron chi connectivity index (χ4n) is 3.26. The number of nitrogens with one attached hydrogen (secondary N) is 4. The average Bonchev–Trinajstić information content (AvgIpc) is 3.07. The van der Waals surface area contributed by atoms with Crippen molar-refractivity contribution < 1.29 is 33.6 Å². The molecule has 4 N–H and O–H groups in total. The van der Waals surface area contributed by atoms with E-state index in [-0.39, 0.29) is 87.8 Å². The van der Waals surface area contributed by atoms with E-state index in [1.807, 2.05) is 13.8 Å². The molecule has 0 saturated carbocycles. The Kier molecular flexibility index (Phi) is 12.5. The quantitative estimate of drug-likeness (QED) is 0.209. The zero-order chi connectivity index (χ0) is 25.7.